The second-order valence-electron chi connectivity index (χ2n) is 5.07. The molecule has 0 radical (unpaired) electrons. The molecule has 0 aliphatic rings. The van der Waals surface area contributed by atoms with Crippen LogP contribution >= 0.6 is 0 Å². The lowest BCUT2D eigenvalue weighted by atomic mass is 10.2. The summed E-state index contributed by atoms with van der Waals surface area (Å²) in [5, 5.41) is 0. The zero-order valence-corrected chi connectivity index (χ0v) is 13.1. The van der Waals surface area contributed by atoms with E-state index in [-0.39, 0.29) is 4.90 Å². The molecule has 112 valence electrons. The number of sulfonamides is 1. The van der Waals surface area contributed by atoms with Gasteiger partial charge in [-0.05, 0) is 55.0 Å². The number of hydrogen-bond donors (Lipinski definition) is 2. The Kier molecular flexibility index (Phi) is 4.09. The van der Waals surface area contributed by atoms with E-state index in [0.717, 1.165) is 5.69 Å². The molecule has 0 saturated carbocycles. The molecule has 0 unspecified atom stereocenters. The Labute approximate surface area is 125 Å². The minimum Gasteiger partial charge on any atom is -0.399 e. The molecule has 2 rings (SSSR count). The molecule has 0 bridgehead atoms. The molecule has 0 aliphatic carbocycles. The standard InChI is InChI=1S/C15H19N3O2S/c1-11-10-12(16)4-9-15(11)21(19,20)17-13-5-7-14(8-6-13)18(2)3/h4-10,17H,16H2,1-3H3. The fourth-order valence-corrected chi connectivity index (χ4v) is 3.30. The van der Waals surface area contributed by atoms with Gasteiger partial charge in [-0.1, -0.05) is 0 Å². The third-order valence-corrected chi connectivity index (χ3v) is 4.67. The van der Waals surface area contributed by atoms with Crippen LogP contribution in [0.3, 0.4) is 0 Å². The predicted octanol–water partition coefficient (Wildman–Crippen LogP) is 2.44. The Balaban J connectivity index is 2.28. The molecule has 21 heavy (non-hydrogen) atoms. The SMILES string of the molecule is Cc1cc(N)ccc1S(=O)(=O)Nc1ccc(N(C)C)cc1. The zero-order valence-electron chi connectivity index (χ0n) is 12.3. The zero-order chi connectivity index (χ0) is 15.6. The number of nitrogens with two attached hydrogens (primary N) is 1. The molecule has 0 atom stereocenters. The van der Waals surface area contributed by atoms with Crippen LogP contribution in [0.4, 0.5) is 17.1 Å². The van der Waals surface area contributed by atoms with Crippen molar-refractivity contribution in [3.8, 4) is 0 Å². The van der Waals surface area contributed by atoms with Crippen molar-refractivity contribution < 1.29 is 8.42 Å². The summed E-state index contributed by atoms with van der Waals surface area (Å²) in [6.45, 7) is 1.72. The van der Waals surface area contributed by atoms with E-state index in [1.807, 2.05) is 31.1 Å². The lowest BCUT2D eigenvalue weighted by Gasteiger charge is -2.14. The highest BCUT2D eigenvalue weighted by Crippen LogP contribution is 2.22. The smallest absolute Gasteiger partial charge is 0.262 e. The summed E-state index contributed by atoms with van der Waals surface area (Å²) in [5.74, 6) is 0. The maximum Gasteiger partial charge on any atom is 0.262 e. The molecular weight excluding hydrogens is 286 g/mol. The van der Waals surface area contributed by atoms with Gasteiger partial charge in [0, 0.05) is 31.2 Å². The molecule has 0 saturated heterocycles. The third-order valence-electron chi connectivity index (χ3n) is 3.12. The van der Waals surface area contributed by atoms with E-state index in [0.29, 0.717) is 16.9 Å². The van der Waals surface area contributed by atoms with Crippen molar-refractivity contribution in [1.29, 1.82) is 0 Å². The molecule has 0 aromatic heterocycles. The summed E-state index contributed by atoms with van der Waals surface area (Å²) < 4.78 is 27.4. The minimum absolute atomic E-state index is 0.230. The summed E-state index contributed by atoms with van der Waals surface area (Å²) >= 11 is 0. The number of aryl methyl sites for hydroxylation is 1. The highest BCUT2D eigenvalue weighted by molar-refractivity contribution is 7.92. The average molecular weight is 305 g/mol. The van der Waals surface area contributed by atoms with Crippen molar-refractivity contribution in [2.75, 3.05) is 29.5 Å². The van der Waals surface area contributed by atoms with E-state index in [2.05, 4.69) is 4.72 Å². The molecule has 2 aromatic rings. The first-order chi connectivity index (χ1) is 9.79. The molecule has 0 amide bonds. The van der Waals surface area contributed by atoms with E-state index in [9.17, 15) is 8.42 Å². The topological polar surface area (TPSA) is 75.4 Å². The fraction of sp³-hybridized carbons (Fsp3) is 0.200. The van der Waals surface area contributed by atoms with Gasteiger partial charge in [-0.3, -0.25) is 4.72 Å². The number of nitrogen functional groups attached to an aromatic ring is 1. The van der Waals surface area contributed by atoms with Gasteiger partial charge in [0.25, 0.3) is 10.0 Å². The van der Waals surface area contributed by atoms with Crippen molar-refractivity contribution in [2.45, 2.75) is 11.8 Å². The number of benzene rings is 2. The molecule has 2 aromatic carbocycles. The summed E-state index contributed by atoms with van der Waals surface area (Å²) in [6, 6.07) is 11.9. The van der Waals surface area contributed by atoms with Crippen molar-refractivity contribution in [3.05, 3.63) is 48.0 Å². The van der Waals surface area contributed by atoms with Gasteiger partial charge in [0.1, 0.15) is 0 Å². The van der Waals surface area contributed by atoms with Gasteiger partial charge in [-0.15, -0.1) is 0 Å². The fourth-order valence-electron chi connectivity index (χ4n) is 2.01. The highest BCUT2D eigenvalue weighted by atomic mass is 32.2. The number of nitrogens with zero attached hydrogens (tertiary/aromatic N) is 1. The van der Waals surface area contributed by atoms with Crippen molar-refractivity contribution in [2.24, 2.45) is 0 Å². The quantitative estimate of drug-likeness (QED) is 0.851. The van der Waals surface area contributed by atoms with Crippen LogP contribution in [0.5, 0.6) is 0 Å². The van der Waals surface area contributed by atoms with Gasteiger partial charge in [0.05, 0.1) is 4.90 Å². The monoisotopic (exact) mass is 305 g/mol. The van der Waals surface area contributed by atoms with E-state index in [1.165, 1.54) is 6.07 Å². The van der Waals surface area contributed by atoms with Crippen LogP contribution in [0.1, 0.15) is 5.56 Å². The maximum absolute atomic E-state index is 12.4. The Morgan fingerprint density at radius 3 is 2.19 bits per heavy atom. The molecule has 0 spiro atoms. The number of nitrogens with one attached hydrogen (secondary N) is 1. The van der Waals surface area contributed by atoms with Crippen LogP contribution in [0.2, 0.25) is 0 Å². The molecule has 5 nitrogen and oxygen atoms in total. The summed E-state index contributed by atoms with van der Waals surface area (Å²) in [4.78, 5) is 2.18. The van der Waals surface area contributed by atoms with Gasteiger partial charge in [0.2, 0.25) is 0 Å². The van der Waals surface area contributed by atoms with Gasteiger partial charge in [-0.2, -0.15) is 0 Å². The Bertz CT molecular complexity index is 738. The first-order valence-electron chi connectivity index (χ1n) is 6.46. The Morgan fingerprint density at radius 2 is 1.67 bits per heavy atom. The second-order valence-corrected chi connectivity index (χ2v) is 6.72. The van der Waals surface area contributed by atoms with E-state index < -0.39 is 10.0 Å². The number of rotatable bonds is 4. The van der Waals surface area contributed by atoms with Crippen molar-refractivity contribution in [1.82, 2.24) is 0 Å². The van der Waals surface area contributed by atoms with Crippen LogP contribution in [-0.4, -0.2) is 22.5 Å². The molecule has 6 heteroatoms. The molecular formula is C15H19N3O2S. The van der Waals surface area contributed by atoms with Gasteiger partial charge in [0.15, 0.2) is 0 Å². The second kappa shape index (κ2) is 5.65. The normalized spacial score (nSPS) is 11.2. The summed E-state index contributed by atoms with van der Waals surface area (Å²) in [5.41, 5.74) is 8.34. The van der Waals surface area contributed by atoms with E-state index >= 15 is 0 Å². The molecule has 0 fully saturated rings. The van der Waals surface area contributed by atoms with Gasteiger partial charge >= 0.3 is 0 Å². The van der Waals surface area contributed by atoms with Gasteiger partial charge < -0.3 is 10.6 Å². The Hall–Kier alpha value is -2.21. The third kappa shape index (κ3) is 3.46. The van der Waals surface area contributed by atoms with Crippen molar-refractivity contribution >= 4 is 27.1 Å². The Morgan fingerprint density at radius 1 is 1.05 bits per heavy atom. The largest absolute Gasteiger partial charge is 0.399 e. The van der Waals surface area contributed by atoms with Crippen molar-refractivity contribution in [3.63, 3.8) is 0 Å². The predicted molar refractivity (Wildman–Crippen MR) is 87.2 cm³/mol. The number of anilines is 3. The van der Waals surface area contributed by atoms with E-state index in [4.69, 9.17) is 5.73 Å². The molecule has 0 aliphatic heterocycles. The lowest BCUT2D eigenvalue weighted by molar-refractivity contribution is 0.600. The van der Waals surface area contributed by atoms with Gasteiger partial charge in [-0.25, -0.2) is 8.42 Å². The van der Waals surface area contributed by atoms with Crippen LogP contribution < -0.4 is 15.4 Å². The first-order valence-corrected chi connectivity index (χ1v) is 7.94. The lowest BCUT2D eigenvalue weighted by Crippen LogP contribution is -2.14. The highest BCUT2D eigenvalue weighted by Gasteiger charge is 2.16. The molecule has 3 N–H and O–H groups in total. The molecule has 0 heterocycles. The summed E-state index contributed by atoms with van der Waals surface area (Å²) in [6.07, 6.45) is 0. The minimum atomic E-state index is -3.61. The van der Waals surface area contributed by atoms with E-state index in [1.54, 1.807) is 31.2 Å². The first kappa shape index (κ1) is 15.2. The number of hydrogen-bond acceptors (Lipinski definition) is 4. The van der Waals surface area contributed by atoms with Crippen LogP contribution in [0, 0.1) is 6.92 Å². The maximum atomic E-state index is 12.4. The van der Waals surface area contributed by atoms with Crippen LogP contribution in [0.25, 0.3) is 0 Å². The van der Waals surface area contributed by atoms with Crippen LogP contribution in [-0.2, 0) is 10.0 Å². The summed E-state index contributed by atoms with van der Waals surface area (Å²) in [7, 11) is 0.242. The van der Waals surface area contributed by atoms with Crippen LogP contribution in [0.15, 0.2) is 47.4 Å². The average Bonchev–Trinajstić information content (AvgIpc) is 2.38.